The number of rotatable bonds is 6. The molecule has 2 aliphatic heterocycles. The third-order valence-corrected chi connectivity index (χ3v) is 4.99. The summed E-state index contributed by atoms with van der Waals surface area (Å²) in [4.78, 5) is 27.8. The minimum absolute atomic E-state index is 0.0315. The lowest BCUT2D eigenvalue weighted by Crippen LogP contribution is -2.57. The fourth-order valence-electron chi connectivity index (χ4n) is 3.36. The molecule has 2 amide bonds. The van der Waals surface area contributed by atoms with E-state index in [1.807, 2.05) is 60.7 Å². The maximum absolute atomic E-state index is 12.5. The van der Waals surface area contributed by atoms with E-state index in [2.05, 4.69) is 0 Å². The molecule has 0 bridgehead atoms. The average Bonchev–Trinajstić information content (AvgIpc) is 3.02. The van der Waals surface area contributed by atoms with E-state index in [1.165, 1.54) is 4.90 Å². The summed E-state index contributed by atoms with van der Waals surface area (Å²) < 4.78 is 11.0. The Balaban J connectivity index is 1.27. The molecule has 140 valence electrons. The van der Waals surface area contributed by atoms with Crippen LogP contribution in [0, 0.1) is 0 Å². The molecule has 0 aromatic heterocycles. The Morgan fingerprint density at radius 2 is 1.70 bits per heavy atom. The van der Waals surface area contributed by atoms with Gasteiger partial charge in [-0.05, 0) is 11.1 Å². The summed E-state index contributed by atoms with van der Waals surface area (Å²) in [6.45, 7) is 1.97. The fraction of sp³-hybridized carbons (Fsp3) is 0.333. The summed E-state index contributed by atoms with van der Waals surface area (Å²) >= 11 is 0. The predicted molar refractivity (Wildman–Crippen MR) is 98.8 cm³/mol. The van der Waals surface area contributed by atoms with Crippen molar-refractivity contribution in [3.8, 4) is 0 Å². The lowest BCUT2D eigenvalue weighted by atomic mass is 10.1. The highest BCUT2D eigenvalue weighted by molar-refractivity contribution is 5.84. The smallest absolute Gasteiger partial charge is 0.410 e. The number of hydrogen-bond acceptors (Lipinski definition) is 4. The zero-order valence-corrected chi connectivity index (χ0v) is 15.0. The normalized spacial score (nSPS) is 19.7. The van der Waals surface area contributed by atoms with E-state index >= 15 is 0 Å². The van der Waals surface area contributed by atoms with Crippen molar-refractivity contribution in [2.24, 2.45) is 0 Å². The molecule has 2 fully saturated rings. The van der Waals surface area contributed by atoms with Crippen LogP contribution < -0.4 is 0 Å². The van der Waals surface area contributed by atoms with Gasteiger partial charge in [-0.1, -0.05) is 60.7 Å². The van der Waals surface area contributed by atoms with Crippen LogP contribution in [-0.2, 0) is 20.9 Å². The highest BCUT2D eigenvalue weighted by atomic mass is 16.6. The molecule has 27 heavy (non-hydrogen) atoms. The molecule has 2 heterocycles. The highest BCUT2D eigenvalue weighted by Gasteiger charge is 2.38. The summed E-state index contributed by atoms with van der Waals surface area (Å²) in [6.07, 6.45) is -0.390. The van der Waals surface area contributed by atoms with Crippen LogP contribution in [0.15, 0.2) is 60.7 Å². The minimum atomic E-state index is -0.436. The van der Waals surface area contributed by atoms with Crippen LogP contribution in [-0.4, -0.2) is 54.1 Å². The number of likely N-dealkylation sites (tertiary alicyclic amines) is 1. The Hall–Kier alpha value is -2.86. The Morgan fingerprint density at radius 3 is 2.41 bits per heavy atom. The van der Waals surface area contributed by atoms with Crippen molar-refractivity contribution < 1.29 is 19.1 Å². The molecular formula is C21H22N2O4. The van der Waals surface area contributed by atoms with Crippen LogP contribution in [0.25, 0.3) is 0 Å². The summed E-state index contributed by atoms with van der Waals surface area (Å²) in [5.74, 6) is -0.0747. The van der Waals surface area contributed by atoms with Gasteiger partial charge in [0, 0.05) is 13.1 Å². The molecule has 1 atom stereocenters. The second kappa shape index (κ2) is 7.80. The third-order valence-electron chi connectivity index (χ3n) is 4.99. The number of hydrogen-bond donors (Lipinski definition) is 0. The number of carbonyl (C=O) groups is 2. The van der Waals surface area contributed by atoms with Gasteiger partial charge in [0.1, 0.15) is 13.2 Å². The first-order valence-corrected chi connectivity index (χ1v) is 9.12. The largest absolute Gasteiger partial charge is 0.447 e. The van der Waals surface area contributed by atoms with Crippen molar-refractivity contribution >= 4 is 12.0 Å². The molecule has 6 heteroatoms. The van der Waals surface area contributed by atoms with Crippen molar-refractivity contribution in [1.82, 2.24) is 9.80 Å². The first kappa shape index (κ1) is 17.5. The molecule has 0 N–H and O–H groups in total. The molecule has 2 aliphatic rings. The second-order valence-electron chi connectivity index (χ2n) is 6.85. The van der Waals surface area contributed by atoms with Gasteiger partial charge >= 0.3 is 6.09 Å². The quantitative estimate of drug-likeness (QED) is 0.789. The van der Waals surface area contributed by atoms with Gasteiger partial charge in [0.05, 0.1) is 18.8 Å². The van der Waals surface area contributed by atoms with Crippen LogP contribution in [0.5, 0.6) is 0 Å². The van der Waals surface area contributed by atoms with Crippen molar-refractivity contribution in [3.63, 3.8) is 0 Å². The summed E-state index contributed by atoms with van der Waals surface area (Å²) in [5.41, 5.74) is 2.09. The molecule has 2 saturated heterocycles. The van der Waals surface area contributed by atoms with Gasteiger partial charge in [0.15, 0.2) is 0 Å². The Kier molecular flexibility index (Phi) is 5.07. The SMILES string of the molecule is O=C(CN1C(=O)OC[C@@H]1c1ccccc1)N1CC(OCc2ccccc2)C1. The Morgan fingerprint density at radius 1 is 1.04 bits per heavy atom. The van der Waals surface area contributed by atoms with Crippen molar-refractivity contribution in [2.45, 2.75) is 18.8 Å². The monoisotopic (exact) mass is 366 g/mol. The predicted octanol–water partition coefficient (Wildman–Crippen LogP) is 2.61. The lowest BCUT2D eigenvalue weighted by molar-refractivity contribution is -0.146. The summed E-state index contributed by atoms with van der Waals surface area (Å²) in [7, 11) is 0. The summed E-state index contributed by atoms with van der Waals surface area (Å²) in [6, 6.07) is 19.4. The number of amides is 2. The van der Waals surface area contributed by atoms with Crippen LogP contribution in [0.4, 0.5) is 4.79 Å². The van der Waals surface area contributed by atoms with Gasteiger partial charge in [-0.25, -0.2) is 4.79 Å². The summed E-state index contributed by atoms with van der Waals surface area (Å²) in [5, 5.41) is 0. The van der Waals surface area contributed by atoms with Gasteiger partial charge in [-0.15, -0.1) is 0 Å². The van der Waals surface area contributed by atoms with Gasteiger partial charge in [-0.2, -0.15) is 0 Å². The molecule has 0 aliphatic carbocycles. The highest BCUT2D eigenvalue weighted by Crippen LogP contribution is 2.27. The van der Waals surface area contributed by atoms with Gasteiger partial charge < -0.3 is 14.4 Å². The molecule has 0 spiro atoms. The van der Waals surface area contributed by atoms with E-state index in [9.17, 15) is 9.59 Å². The molecule has 0 unspecified atom stereocenters. The maximum atomic E-state index is 12.5. The van der Waals surface area contributed by atoms with E-state index in [0.29, 0.717) is 19.7 Å². The van der Waals surface area contributed by atoms with Crippen molar-refractivity contribution in [3.05, 3.63) is 71.8 Å². The fourth-order valence-corrected chi connectivity index (χ4v) is 3.36. The Bertz CT molecular complexity index is 790. The first-order chi connectivity index (χ1) is 13.2. The standard InChI is InChI=1S/C21H22N2O4/c24-20(22-11-18(12-22)26-14-16-7-3-1-4-8-16)13-23-19(15-27-21(23)25)17-9-5-2-6-10-17/h1-10,18-19H,11-15H2/t19-/m1/s1. The van der Waals surface area contributed by atoms with Crippen LogP contribution in [0.2, 0.25) is 0 Å². The zero-order chi connectivity index (χ0) is 18.6. The van der Waals surface area contributed by atoms with E-state index in [0.717, 1.165) is 11.1 Å². The molecule has 0 saturated carbocycles. The van der Waals surface area contributed by atoms with E-state index in [1.54, 1.807) is 4.90 Å². The molecule has 2 aromatic carbocycles. The van der Waals surface area contributed by atoms with E-state index < -0.39 is 6.09 Å². The van der Waals surface area contributed by atoms with E-state index in [4.69, 9.17) is 9.47 Å². The van der Waals surface area contributed by atoms with Crippen LogP contribution in [0.1, 0.15) is 17.2 Å². The first-order valence-electron chi connectivity index (χ1n) is 9.12. The number of benzene rings is 2. The lowest BCUT2D eigenvalue weighted by Gasteiger charge is -2.39. The van der Waals surface area contributed by atoms with E-state index in [-0.39, 0.29) is 31.2 Å². The molecular weight excluding hydrogens is 344 g/mol. The topological polar surface area (TPSA) is 59.1 Å². The molecule has 0 radical (unpaired) electrons. The van der Waals surface area contributed by atoms with Gasteiger partial charge in [-0.3, -0.25) is 9.69 Å². The number of ether oxygens (including phenoxy) is 2. The maximum Gasteiger partial charge on any atom is 0.410 e. The molecule has 2 aromatic rings. The van der Waals surface area contributed by atoms with Gasteiger partial charge in [0.2, 0.25) is 5.91 Å². The molecule has 6 nitrogen and oxygen atoms in total. The van der Waals surface area contributed by atoms with Crippen LogP contribution in [0.3, 0.4) is 0 Å². The number of nitrogens with zero attached hydrogens (tertiary/aromatic N) is 2. The zero-order valence-electron chi connectivity index (χ0n) is 15.0. The number of cyclic esters (lactones) is 1. The Labute approximate surface area is 158 Å². The average molecular weight is 366 g/mol. The second-order valence-corrected chi connectivity index (χ2v) is 6.85. The van der Waals surface area contributed by atoms with Crippen LogP contribution >= 0.6 is 0 Å². The van der Waals surface area contributed by atoms with Gasteiger partial charge in [0.25, 0.3) is 0 Å². The van der Waals surface area contributed by atoms with Crippen molar-refractivity contribution in [1.29, 1.82) is 0 Å². The third kappa shape index (κ3) is 3.95. The number of carbonyl (C=O) groups excluding carboxylic acids is 2. The molecule has 4 rings (SSSR count). The minimum Gasteiger partial charge on any atom is -0.447 e. The van der Waals surface area contributed by atoms with Crippen molar-refractivity contribution in [2.75, 3.05) is 26.2 Å².